The highest BCUT2D eigenvalue weighted by Gasteiger charge is 2.44. The summed E-state index contributed by atoms with van der Waals surface area (Å²) in [6, 6.07) is 3.97. The molecule has 22 heavy (non-hydrogen) atoms. The van der Waals surface area contributed by atoms with Crippen LogP contribution in [0.4, 0.5) is 5.82 Å². The number of aliphatic hydroxyl groups is 1. The zero-order valence-electron chi connectivity index (χ0n) is 13.6. The van der Waals surface area contributed by atoms with Crippen LogP contribution in [-0.2, 0) is 0 Å². The monoisotopic (exact) mass is 303 g/mol. The first-order valence-corrected chi connectivity index (χ1v) is 8.03. The lowest BCUT2D eigenvalue weighted by atomic mass is 9.71. The van der Waals surface area contributed by atoms with Crippen molar-refractivity contribution in [3.05, 3.63) is 23.9 Å². The van der Waals surface area contributed by atoms with Crippen molar-refractivity contribution in [3.63, 3.8) is 0 Å². The summed E-state index contributed by atoms with van der Waals surface area (Å²) in [6.07, 6.45) is 4.55. The molecule has 3 rings (SSSR count). The average molecular weight is 303 g/mol. The number of aromatic nitrogens is 1. The lowest BCUT2D eigenvalue weighted by Crippen LogP contribution is -2.56. The minimum Gasteiger partial charge on any atom is -0.389 e. The lowest BCUT2D eigenvalue weighted by molar-refractivity contribution is -0.0650. The SMILES string of the molecule is CC1(C)CN(c2cc(C(=O)NC3CC3)ccn2)CC[C@@]1(C)O. The van der Waals surface area contributed by atoms with E-state index in [1.54, 1.807) is 12.3 Å². The van der Waals surface area contributed by atoms with E-state index >= 15 is 0 Å². The number of hydrogen-bond acceptors (Lipinski definition) is 4. The number of amides is 1. The number of carbonyl (C=O) groups is 1. The fourth-order valence-electron chi connectivity index (χ4n) is 2.84. The molecule has 1 aliphatic carbocycles. The fraction of sp³-hybridized carbons (Fsp3) is 0.647. The summed E-state index contributed by atoms with van der Waals surface area (Å²) < 4.78 is 0. The van der Waals surface area contributed by atoms with E-state index in [1.165, 1.54) is 0 Å². The van der Waals surface area contributed by atoms with Gasteiger partial charge >= 0.3 is 0 Å². The second-order valence-electron chi connectivity index (χ2n) is 7.48. The normalized spacial score (nSPS) is 27.5. The topological polar surface area (TPSA) is 65.5 Å². The number of piperidine rings is 1. The molecule has 2 aliphatic rings. The fourth-order valence-corrected chi connectivity index (χ4v) is 2.84. The maximum atomic E-state index is 12.2. The Hall–Kier alpha value is -1.62. The molecule has 5 nitrogen and oxygen atoms in total. The highest BCUT2D eigenvalue weighted by Crippen LogP contribution is 2.39. The molecule has 1 aromatic rings. The Bertz CT molecular complexity index is 579. The molecule has 1 amide bonds. The van der Waals surface area contributed by atoms with Crippen molar-refractivity contribution in [1.29, 1.82) is 0 Å². The molecule has 2 heterocycles. The molecule has 0 bridgehead atoms. The second kappa shape index (κ2) is 5.23. The quantitative estimate of drug-likeness (QED) is 0.896. The van der Waals surface area contributed by atoms with Gasteiger partial charge in [-0.25, -0.2) is 4.98 Å². The molecule has 1 saturated heterocycles. The maximum absolute atomic E-state index is 12.2. The van der Waals surface area contributed by atoms with Gasteiger partial charge in [0.15, 0.2) is 0 Å². The summed E-state index contributed by atoms with van der Waals surface area (Å²) in [5.74, 6) is 0.793. The van der Waals surface area contributed by atoms with Crippen molar-refractivity contribution in [2.45, 2.75) is 51.7 Å². The van der Waals surface area contributed by atoms with Gasteiger partial charge < -0.3 is 15.3 Å². The van der Waals surface area contributed by atoms with Crippen LogP contribution < -0.4 is 10.2 Å². The van der Waals surface area contributed by atoms with Gasteiger partial charge in [0.2, 0.25) is 0 Å². The highest BCUT2D eigenvalue weighted by atomic mass is 16.3. The van der Waals surface area contributed by atoms with Gasteiger partial charge in [-0.05, 0) is 38.3 Å². The van der Waals surface area contributed by atoms with Gasteiger partial charge in [0.25, 0.3) is 5.91 Å². The number of rotatable bonds is 3. The molecule has 1 saturated carbocycles. The van der Waals surface area contributed by atoms with E-state index in [2.05, 4.69) is 29.0 Å². The largest absolute Gasteiger partial charge is 0.389 e. The molecule has 5 heteroatoms. The Balaban J connectivity index is 1.76. The number of carbonyl (C=O) groups excluding carboxylic acids is 1. The first-order chi connectivity index (χ1) is 10.3. The summed E-state index contributed by atoms with van der Waals surface area (Å²) in [7, 11) is 0. The van der Waals surface area contributed by atoms with E-state index in [4.69, 9.17) is 0 Å². The third kappa shape index (κ3) is 2.95. The smallest absolute Gasteiger partial charge is 0.251 e. The molecule has 1 aromatic heterocycles. The lowest BCUT2D eigenvalue weighted by Gasteiger charge is -2.49. The minimum absolute atomic E-state index is 0.0191. The van der Waals surface area contributed by atoms with E-state index in [0.717, 1.165) is 31.7 Å². The van der Waals surface area contributed by atoms with E-state index in [1.807, 2.05) is 13.0 Å². The summed E-state index contributed by atoms with van der Waals surface area (Å²) in [6.45, 7) is 7.51. The predicted octanol–water partition coefficient (Wildman–Crippen LogP) is 1.96. The molecular formula is C17H25N3O2. The first kappa shape index (κ1) is 15.3. The molecule has 2 fully saturated rings. The number of nitrogens with one attached hydrogen (secondary N) is 1. The van der Waals surface area contributed by atoms with Gasteiger partial charge in [-0.3, -0.25) is 4.79 Å². The van der Waals surface area contributed by atoms with Gasteiger partial charge in [-0.2, -0.15) is 0 Å². The molecule has 2 N–H and O–H groups in total. The van der Waals surface area contributed by atoms with Crippen LogP contribution in [0.15, 0.2) is 18.3 Å². The molecular weight excluding hydrogens is 278 g/mol. The van der Waals surface area contributed by atoms with Crippen LogP contribution in [-0.4, -0.2) is 40.7 Å². The van der Waals surface area contributed by atoms with E-state index in [9.17, 15) is 9.90 Å². The van der Waals surface area contributed by atoms with E-state index in [0.29, 0.717) is 18.0 Å². The van der Waals surface area contributed by atoms with Crippen molar-refractivity contribution in [2.75, 3.05) is 18.0 Å². The number of nitrogens with zero attached hydrogens (tertiary/aromatic N) is 2. The van der Waals surface area contributed by atoms with E-state index < -0.39 is 5.60 Å². The predicted molar refractivity (Wildman–Crippen MR) is 86.0 cm³/mol. The van der Waals surface area contributed by atoms with Gasteiger partial charge in [-0.1, -0.05) is 13.8 Å². The molecule has 0 radical (unpaired) electrons. The van der Waals surface area contributed by atoms with Crippen LogP contribution in [0.2, 0.25) is 0 Å². The molecule has 120 valence electrons. The van der Waals surface area contributed by atoms with E-state index in [-0.39, 0.29) is 11.3 Å². The summed E-state index contributed by atoms with van der Waals surface area (Å²) in [5.41, 5.74) is -0.240. The van der Waals surface area contributed by atoms with Crippen molar-refractivity contribution in [1.82, 2.24) is 10.3 Å². The maximum Gasteiger partial charge on any atom is 0.251 e. The molecule has 0 unspecified atom stereocenters. The third-order valence-corrected chi connectivity index (χ3v) is 5.16. The van der Waals surface area contributed by atoms with Gasteiger partial charge in [-0.15, -0.1) is 0 Å². The minimum atomic E-state index is -0.676. The molecule has 1 atom stereocenters. The van der Waals surface area contributed by atoms with Crippen LogP contribution in [0.5, 0.6) is 0 Å². The van der Waals surface area contributed by atoms with Crippen molar-refractivity contribution >= 4 is 11.7 Å². The van der Waals surface area contributed by atoms with Crippen molar-refractivity contribution < 1.29 is 9.90 Å². The van der Waals surface area contributed by atoms with Gasteiger partial charge in [0.1, 0.15) is 5.82 Å². The van der Waals surface area contributed by atoms with Crippen molar-refractivity contribution in [3.8, 4) is 0 Å². The zero-order valence-corrected chi connectivity index (χ0v) is 13.6. The standard InChI is InChI=1S/C17H25N3O2/c1-16(2)11-20(9-7-17(16,3)22)14-10-12(6-8-18-14)15(21)19-13-4-5-13/h6,8,10,13,22H,4-5,7,9,11H2,1-3H3,(H,19,21)/t17-/m1/s1. The third-order valence-electron chi connectivity index (χ3n) is 5.16. The molecule has 1 aliphatic heterocycles. The van der Waals surface area contributed by atoms with Crippen LogP contribution in [0.1, 0.15) is 50.4 Å². The van der Waals surface area contributed by atoms with Gasteiger partial charge in [0, 0.05) is 36.3 Å². The van der Waals surface area contributed by atoms with Gasteiger partial charge in [0.05, 0.1) is 5.60 Å². The Morgan fingerprint density at radius 1 is 1.41 bits per heavy atom. The Labute approximate surface area is 131 Å². The summed E-state index contributed by atoms with van der Waals surface area (Å²) in [4.78, 5) is 18.7. The van der Waals surface area contributed by atoms with Crippen LogP contribution in [0, 0.1) is 5.41 Å². The first-order valence-electron chi connectivity index (χ1n) is 8.03. The van der Waals surface area contributed by atoms with Crippen LogP contribution in [0.3, 0.4) is 0 Å². The van der Waals surface area contributed by atoms with Crippen molar-refractivity contribution in [2.24, 2.45) is 5.41 Å². The summed E-state index contributed by atoms with van der Waals surface area (Å²) >= 11 is 0. The highest BCUT2D eigenvalue weighted by molar-refractivity contribution is 5.95. The number of anilines is 1. The number of hydrogen-bond donors (Lipinski definition) is 2. The average Bonchev–Trinajstić information content (AvgIpc) is 3.26. The second-order valence-corrected chi connectivity index (χ2v) is 7.48. The molecule has 0 spiro atoms. The van der Waals surface area contributed by atoms with Crippen LogP contribution >= 0.6 is 0 Å². The van der Waals surface area contributed by atoms with Crippen LogP contribution in [0.25, 0.3) is 0 Å². The Morgan fingerprint density at radius 2 is 2.14 bits per heavy atom. The summed E-state index contributed by atoms with van der Waals surface area (Å²) in [5, 5.41) is 13.5. The Kier molecular flexibility index (Phi) is 3.63. The zero-order chi connectivity index (χ0) is 16.0. The molecule has 0 aromatic carbocycles. The number of pyridine rings is 1. The Morgan fingerprint density at radius 3 is 2.77 bits per heavy atom.